The maximum Gasteiger partial charge on any atom is 0.280 e. The number of hydrogen-bond acceptors (Lipinski definition) is 5. The first-order chi connectivity index (χ1) is 13.1. The summed E-state index contributed by atoms with van der Waals surface area (Å²) in [6.07, 6.45) is 4.48. The number of ketones is 1. The zero-order valence-corrected chi connectivity index (χ0v) is 14.5. The molecule has 1 saturated heterocycles. The van der Waals surface area contributed by atoms with Crippen LogP contribution in [0.1, 0.15) is 52.8 Å². The molecule has 4 heterocycles. The molecule has 1 fully saturated rings. The van der Waals surface area contributed by atoms with Crippen LogP contribution in [-0.2, 0) is 11.2 Å². The van der Waals surface area contributed by atoms with Crippen LogP contribution in [0.2, 0.25) is 0 Å². The summed E-state index contributed by atoms with van der Waals surface area (Å²) in [7, 11) is 0. The molecule has 140 valence electrons. The Bertz CT molecular complexity index is 967. The van der Waals surface area contributed by atoms with E-state index in [0.29, 0.717) is 17.3 Å². The third-order valence-electron chi connectivity index (χ3n) is 4.67. The number of Topliss-reactive ketones (excluding diaryl/α,β-unsaturated/α-hetero) is 1. The Balaban J connectivity index is 1.53. The zero-order valence-electron chi connectivity index (χ0n) is 14.5. The fourth-order valence-corrected chi connectivity index (χ4v) is 3.23. The van der Waals surface area contributed by atoms with E-state index in [9.17, 15) is 13.6 Å². The molecule has 0 bridgehead atoms. The van der Waals surface area contributed by atoms with Crippen molar-refractivity contribution < 1.29 is 18.3 Å². The Morgan fingerprint density at radius 1 is 1.22 bits per heavy atom. The van der Waals surface area contributed by atoms with Crippen molar-refractivity contribution in [3.63, 3.8) is 0 Å². The first-order valence-electron chi connectivity index (χ1n) is 8.80. The molecule has 0 unspecified atom stereocenters. The van der Waals surface area contributed by atoms with Gasteiger partial charge in [0.25, 0.3) is 6.43 Å². The highest BCUT2D eigenvalue weighted by molar-refractivity contribution is 5.95. The molecule has 3 aromatic heterocycles. The SMILES string of the molecule is O=C(Cc1cn2cc(C3CCOCC3)nc2cn1)c1cccc(C(F)F)n1. The van der Waals surface area contributed by atoms with Crippen molar-refractivity contribution in [1.82, 2.24) is 19.4 Å². The summed E-state index contributed by atoms with van der Waals surface area (Å²) in [6.45, 7) is 1.47. The first-order valence-corrected chi connectivity index (χ1v) is 8.80. The molecule has 8 heteroatoms. The predicted molar refractivity (Wildman–Crippen MR) is 93.0 cm³/mol. The highest BCUT2D eigenvalue weighted by Crippen LogP contribution is 2.26. The van der Waals surface area contributed by atoms with Crippen molar-refractivity contribution >= 4 is 11.4 Å². The minimum Gasteiger partial charge on any atom is -0.381 e. The van der Waals surface area contributed by atoms with Crippen LogP contribution in [0, 0.1) is 0 Å². The van der Waals surface area contributed by atoms with Crippen molar-refractivity contribution in [2.75, 3.05) is 13.2 Å². The summed E-state index contributed by atoms with van der Waals surface area (Å²) in [5.41, 5.74) is 1.86. The fourth-order valence-electron chi connectivity index (χ4n) is 3.23. The molecule has 0 amide bonds. The molecule has 3 aromatic rings. The van der Waals surface area contributed by atoms with Crippen LogP contribution in [0.5, 0.6) is 0 Å². The molecule has 1 aliphatic heterocycles. The molecule has 4 rings (SSSR count). The minimum absolute atomic E-state index is 0.0135. The molecule has 6 nitrogen and oxygen atoms in total. The maximum absolute atomic E-state index is 12.8. The molecule has 0 N–H and O–H groups in total. The van der Waals surface area contributed by atoms with Gasteiger partial charge in [-0.3, -0.25) is 9.78 Å². The van der Waals surface area contributed by atoms with Crippen LogP contribution in [-0.4, -0.2) is 38.3 Å². The maximum atomic E-state index is 12.8. The lowest BCUT2D eigenvalue weighted by Gasteiger charge is -2.19. The van der Waals surface area contributed by atoms with E-state index in [0.717, 1.165) is 31.7 Å². The third-order valence-corrected chi connectivity index (χ3v) is 4.67. The minimum atomic E-state index is -2.71. The number of pyridine rings is 1. The van der Waals surface area contributed by atoms with Gasteiger partial charge in [-0.2, -0.15) is 0 Å². The summed E-state index contributed by atoms with van der Waals surface area (Å²) in [5.74, 6) is 0.0131. The zero-order chi connectivity index (χ0) is 18.8. The monoisotopic (exact) mass is 372 g/mol. The average molecular weight is 372 g/mol. The van der Waals surface area contributed by atoms with Gasteiger partial charge in [-0.15, -0.1) is 0 Å². The highest BCUT2D eigenvalue weighted by atomic mass is 19.3. The topological polar surface area (TPSA) is 69.4 Å². The number of aromatic nitrogens is 4. The molecule has 0 aromatic carbocycles. The van der Waals surface area contributed by atoms with Gasteiger partial charge in [-0.05, 0) is 25.0 Å². The molecular weight excluding hydrogens is 354 g/mol. The van der Waals surface area contributed by atoms with E-state index in [1.165, 1.54) is 18.2 Å². The van der Waals surface area contributed by atoms with Gasteiger partial charge < -0.3 is 9.14 Å². The number of rotatable bonds is 5. The van der Waals surface area contributed by atoms with Gasteiger partial charge >= 0.3 is 0 Å². The van der Waals surface area contributed by atoms with Crippen LogP contribution in [0.25, 0.3) is 5.65 Å². The van der Waals surface area contributed by atoms with Gasteiger partial charge in [0, 0.05) is 31.5 Å². The molecule has 0 saturated carbocycles. The molecule has 0 spiro atoms. The van der Waals surface area contributed by atoms with Crippen molar-refractivity contribution in [3.05, 3.63) is 59.6 Å². The van der Waals surface area contributed by atoms with Crippen LogP contribution in [0.3, 0.4) is 0 Å². The second-order valence-corrected chi connectivity index (χ2v) is 6.54. The lowest BCUT2D eigenvalue weighted by atomic mass is 9.97. The van der Waals surface area contributed by atoms with Crippen molar-refractivity contribution in [2.24, 2.45) is 0 Å². The van der Waals surface area contributed by atoms with Gasteiger partial charge in [0.05, 0.1) is 24.0 Å². The Morgan fingerprint density at radius 2 is 2.04 bits per heavy atom. The molecule has 1 aliphatic rings. The fraction of sp³-hybridized carbons (Fsp3) is 0.368. The lowest BCUT2D eigenvalue weighted by Crippen LogP contribution is -2.14. The number of fused-ring (bicyclic) bond motifs is 1. The number of carbonyl (C=O) groups excluding carboxylic acids is 1. The second-order valence-electron chi connectivity index (χ2n) is 6.54. The Kier molecular flexibility index (Phi) is 4.89. The smallest absolute Gasteiger partial charge is 0.280 e. The number of ether oxygens (including phenoxy) is 1. The summed E-state index contributed by atoms with van der Waals surface area (Å²) in [6, 6.07) is 4.05. The Labute approximate surface area is 154 Å². The van der Waals surface area contributed by atoms with Gasteiger partial charge in [0.2, 0.25) is 0 Å². The van der Waals surface area contributed by atoms with E-state index < -0.39 is 12.1 Å². The van der Waals surface area contributed by atoms with Crippen molar-refractivity contribution in [2.45, 2.75) is 31.6 Å². The van der Waals surface area contributed by atoms with Gasteiger partial charge in [0.1, 0.15) is 11.4 Å². The highest BCUT2D eigenvalue weighted by Gasteiger charge is 2.19. The number of imidazole rings is 1. The Hall–Kier alpha value is -2.74. The van der Waals surface area contributed by atoms with Crippen molar-refractivity contribution in [3.8, 4) is 0 Å². The van der Waals surface area contributed by atoms with E-state index >= 15 is 0 Å². The molecule has 0 radical (unpaired) electrons. The number of carbonyl (C=O) groups is 1. The summed E-state index contributed by atoms with van der Waals surface area (Å²) >= 11 is 0. The van der Waals surface area contributed by atoms with E-state index in [1.807, 2.05) is 10.6 Å². The van der Waals surface area contributed by atoms with Gasteiger partial charge in [-0.1, -0.05) is 6.07 Å². The average Bonchev–Trinajstić information content (AvgIpc) is 3.12. The Morgan fingerprint density at radius 3 is 2.81 bits per heavy atom. The molecule has 27 heavy (non-hydrogen) atoms. The normalized spacial score (nSPS) is 15.5. The number of hydrogen-bond donors (Lipinski definition) is 0. The first kappa shape index (κ1) is 17.7. The van der Waals surface area contributed by atoms with Crippen molar-refractivity contribution in [1.29, 1.82) is 0 Å². The largest absolute Gasteiger partial charge is 0.381 e. The standard InChI is InChI=1S/C19H18F2N4O2/c20-19(21)15-3-1-2-14(23-15)17(26)8-13-10-25-11-16(24-18(25)9-22-13)12-4-6-27-7-5-12/h1-3,9-12,19H,4-8H2. The van der Waals surface area contributed by atoms with E-state index in [-0.39, 0.29) is 17.9 Å². The summed E-state index contributed by atoms with van der Waals surface area (Å²) < 4.78 is 32.8. The van der Waals surface area contributed by atoms with Crippen LogP contribution in [0.4, 0.5) is 8.78 Å². The van der Waals surface area contributed by atoms with Gasteiger partial charge in [0.15, 0.2) is 11.4 Å². The molecule has 0 atom stereocenters. The van der Waals surface area contributed by atoms with Crippen LogP contribution in [0.15, 0.2) is 36.8 Å². The number of alkyl halides is 2. The quantitative estimate of drug-likeness (QED) is 0.642. The number of nitrogens with zero attached hydrogens (tertiary/aromatic N) is 4. The summed E-state index contributed by atoms with van der Waals surface area (Å²) in [4.78, 5) is 25.0. The molecule has 0 aliphatic carbocycles. The van der Waals surface area contributed by atoms with Crippen LogP contribution < -0.4 is 0 Å². The third kappa shape index (κ3) is 3.85. The van der Waals surface area contributed by atoms with E-state index in [2.05, 4.69) is 15.0 Å². The van der Waals surface area contributed by atoms with Crippen LogP contribution >= 0.6 is 0 Å². The second kappa shape index (κ2) is 7.48. The lowest BCUT2D eigenvalue weighted by molar-refractivity contribution is 0.0846. The predicted octanol–water partition coefficient (Wildman–Crippen LogP) is 3.38. The number of halogens is 2. The van der Waals surface area contributed by atoms with E-state index in [4.69, 9.17) is 4.74 Å². The summed E-state index contributed by atoms with van der Waals surface area (Å²) in [5, 5.41) is 0. The van der Waals surface area contributed by atoms with Gasteiger partial charge in [-0.25, -0.2) is 18.7 Å². The van der Waals surface area contributed by atoms with E-state index in [1.54, 1.807) is 12.4 Å². The molecular formula is C19H18F2N4O2.